The van der Waals surface area contributed by atoms with Crippen LogP contribution in [0.4, 0.5) is 0 Å². The van der Waals surface area contributed by atoms with E-state index in [9.17, 15) is 4.79 Å². The standard InChI is InChI=1S/C14H22N2O/c1-11(12-7-5-4-6-8-12)16-13(17)14(2,3)9-10-15/h4-8,11H,9-10,15H2,1-3H3,(H,16,17). The van der Waals surface area contributed by atoms with Gasteiger partial charge in [0.25, 0.3) is 0 Å². The molecular weight excluding hydrogens is 212 g/mol. The number of nitrogens with two attached hydrogens (primary N) is 1. The van der Waals surface area contributed by atoms with Crippen LogP contribution in [0.15, 0.2) is 30.3 Å². The highest BCUT2D eigenvalue weighted by Gasteiger charge is 2.27. The Labute approximate surface area is 103 Å². The molecule has 1 unspecified atom stereocenters. The third-order valence-corrected chi connectivity index (χ3v) is 3.03. The molecule has 3 heteroatoms. The van der Waals surface area contributed by atoms with Gasteiger partial charge in [0.1, 0.15) is 0 Å². The Morgan fingerprint density at radius 2 is 1.94 bits per heavy atom. The van der Waals surface area contributed by atoms with Crippen LogP contribution < -0.4 is 11.1 Å². The molecule has 0 aliphatic rings. The zero-order chi connectivity index (χ0) is 12.9. The van der Waals surface area contributed by atoms with Gasteiger partial charge in [-0.2, -0.15) is 0 Å². The summed E-state index contributed by atoms with van der Waals surface area (Å²) < 4.78 is 0. The molecule has 3 N–H and O–H groups in total. The number of hydrogen-bond acceptors (Lipinski definition) is 2. The summed E-state index contributed by atoms with van der Waals surface area (Å²) in [7, 11) is 0. The second kappa shape index (κ2) is 5.82. The quantitative estimate of drug-likeness (QED) is 0.821. The van der Waals surface area contributed by atoms with Crippen LogP contribution in [0, 0.1) is 5.41 Å². The SMILES string of the molecule is CC(NC(=O)C(C)(C)CCN)c1ccccc1. The van der Waals surface area contributed by atoms with E-state index in [1.807, 2.05) is 51.1 Å². The van der Waals surface area contributed by atoms with E-state index in [4.69, 9.17) is 5.73 Å². The summed E-state index contributed by atoms with van der Waals surface area (Å²) in [5.41, 5.74) is 6.22. The molecular formula is C14H22N2O. The minimum absolute atomic E-state index is 0.0285. The van der Waals surface area contributed by atoms with E-state index < -0.39 is 5.41 Å². The zero-order valence-corrected chi connectivity index (χ0v) is 10.9. The Kier molecular flexibility index (Phi) is 4.70. The number of nitrogens with one attached hydrogen (secondary N) is 1. The minimum atomic E-state index is -0.405. The number of rotatable bonds is 5. The summed E-state index contributed by atoms with van der Waals surface area (Å²) in [4.78, 5) is 12.1. The molecule has 3 nitrogen and oxygen atoms in total. The van der Waals surface area contributed by atoms with E-state index in [1.54, 1.807) is 0 Å². The molecule has 1 aromatic carbocycles. The number of amides is 1. The largest absolute Gasteiger partial charge is 0.349 e. The average molecular weight is 234 g/mol. The molecule has 17 heavy (non-hydrogen) atoms. The van der Waals surface area contributed by atoms with Gasteiger partial charge in [0, 0.05) is 5.41 Å². The predicted octanol–water partition coefficient (Wildman–Crippen LogP) is 2.24. The number of carbonyl (C=O) groups is 1. The monoisotopic (exact) mass is 234 g/mol. The van der Waals surface area contributed by atoms with E-state index in [0.717, 1.165) is 5.56 Å². The van der Waals surface area contributed by atoms with Crippen molar-refractivity contribution < 1.29 is 4.79 Å². The molecule has 0 saturated carbocycles. The van der Waals surface area contributed by atoms with Crippen LogP contribution in [0.25, 0.3) is 0 Å². The van der Waals surface area contributed by atoms with E-state index in [1.165, 1.54) is 0 Å². The van der Waals surface area contributed by atoms with Gasteiger partial charge in [-0.3, -0.25) is 4.79 Å². The molecule has 0 aliphatic heterocycles. The molecule has 0 radical (unpaired) electrons. The third-order valence-electron chi connectivity index (χ3n) is 3.03. The third kappa shape index (κ3) is 3.86. The fraction of sp³-hybridized carbons (Fsp3) is 0.500. The first-order valence-corrected chi connectivity index (χ1v) is 6.03. The minimum Gasteiger partial charge on any atom is -0.349 e. The molecule has 1 amide bonds. The van der Waals surface area contributed by atoms with Gasteiger partial charge in [0.05, 0.1) is 6.04 Å². The Hall–Kier alpha value is -1.35. The molecule has 0 fully saturated rings. The van der Waals surface area contributed by atoms with Gasteiger partial charge in [-0.1, -0.05) is 44.2 Å². The van der Waals surface area contributed by atoms with Crippen LogP contribution in [-0.4, -0.2) is 12.5 Å². The number of hydrogen-bond donors (Lipinski definition) is 2. The van der Waals surface area contributed by atoms with Crippen molar-refractivity contribution in [2.45, 2.75) is 33.2 Å². The van der Waals surface area contributed by atoms with E-state index >= 15 is 0 Å². The topological polar surface area (TPSA) is 55.1 Å². The molecule has 0 aromatic heterocycles. The second-order valence-corrected chi connectivity index (χ2v) is 5.03. The Balaban J connectivity index is 2.63. The van der Waals surface area contributed by atoms with Crippen LogP contribution in [0.2, 0.25) is 0 Å². The molecule has 1 aromatic rings. The second-order valence-electron chi connectivity index (χ2n) is 5.03. The molecule has 0 saturated heterocycles. The molecule has 0 heterocycles. The fourth-order valence-electron chi connectivity index (χ4n) is 1.69. The van der Waals surface area contributed by atoms with Crippen LogP contribution in [-0.2, 0) is 4.79 Å². The Morgan fingerprint density at radius 1 is 1.35 bits per heavy atom. The summed E-state index contributed by atoms with van der Waals surface area (Å²) >= 11 is 0. The lowest BCUT2D eigenvalue weighted by atomic mass is 9.88. The summed E-state index contributed by atoms with van der Waals surface area (Å²) in [6, 6.07) is 9.98. The highest BCUT2D eigenvalue weighted by atomic mass is 16.2. The fourth-order valence-corrected chi connectivity index (χ4v) is 1.69. The van der Waals surface area contributed by atoms with Crippen LogP contribution in [0.1, 0.15) is 38.8 Å². The van der Waals surface area contributed by atoms with Crippen molar-refractivity contribution in [3.8, 4) is 0 Å². The molecule has 0 bridgehead atoms. The molecule has 0 aliphatic carbocycles. The maximum atomic E-state index is 12.1. The number of benzene rings is 1. The highest BCUT2D eigenvalue weighted by molar-refractivity contribution is 5.82. The normalized spacial score (nSPS) is 13.2. The van der Waals surface area contributed by atoms with Crippen LogP contribution >= 0.6 is 0 Å². The van der Waals surface area contributed by atoms with Crippen molar-refractivity contribution in [2.24, 2.45) is 11.1 Å². The molecule has 0 spiro atoms. The summed E-state index contributed by atoms with van der Waals surface area (Å²) in [6.45, 7) is 6.37. The van der Waals surface area contributed by atoms with E-state index in [-0.39, 0.29) is 11.9 Å². The van der Waals surface area contributed by atoms with E-state index in [0.29, 0.717) is 13.0 Å². The summed E-state index contributed by atoms with van der Waals surface area (Å²) in [5, 5.41) is 3.03. The molecule has 94 valence electrons. The van der Waals surface area contributed by atoms with Gasteiger partial charge >= 0.3 is 0 Å². The highest BCUT2D eigenvalue weighted by Crippen LogP contribution is 2.21. The smallest absolute Gasteiger partial charge is 0.226 e. The Bertz CT molecular complexity index is 360. The van der Waals surface area contributed by atoms with Crippen LogP contribution in [0.3, 0.4) is 0 Å². The summed E-state index contributed by atoms with van der Waals surface area (Å²) in [5.74, 6) is 0.0549. The first-order valence-electron chi connectivity index (χ1n) is 6.03. The van der Waals surface area contributed by atoms with E-state index in [2.05, 4.69) is 5.32 Å². The Morgan fingerprint density at radius 3 is 2.47 bits per heavy atom. The van der Waals surface area contributed by atoms with Gasteiger partial charge in [-0.25, -0.2) is 0 Å². The first kappa shape index (κ1) is 13.7. The average Bonchev–Trinajstić information content (AvgIpc) is 2.30. The predicted molar refractivity (Wildman–Crippen MR) is 70.5 cm³/mol. The van der Waals surface area contributed by atoms with Crippen molar-refractivity contribution in [2.75, 3.05) is 6.54 Å². The maximum absolute atomic E-state index is 12.1. The molecule has 1 rings (SSSR count). The maximum Gasteiger partial charge on any atom is 0.226 e. The van der Waals surface area contributed by atoms with Gasteiger partial charge in [0.2, 0.25) is 5.91 Å². The zero-order valence-electron chi connectivity index (χ0n) is 10.9. The van der Waals surface area contributed by atoms with Gasteiger partial charge in [-0.05, 0) is 25.5 Å². The lowest BCUT2D eigenvalue weighted by molar-refractivity contribution is -0.130. The van der Waals surface area contributed by atoms with Crippen molar-refractivity contribution in [1.29, 1.82) is 0 Å². The number of carbonyl (C=O) groups excluding carboxylic acids is 1. The van der Waals surface area contributed by atoms with Crippen molar-refractivity contribution in [1.82, 2.24) is 5.32 Å². The first-order chi connectivity index (χ1) is 7.97. The van der Waals surface area contributed by atoms with Gasteiger partial charge < -0.3 is 11.1 Å². The van der Waals surface area contributed by atoms with Crippen molar-refractivity contribution >= 4 is 5.91 Å². The lowest BCUT2D eigenvalue weighted by Crippen LogP contribution is -2.39. The van der Waals surface area contributed by atoms with Crippen molar-refractivity contribution in [3.63, 3.8) is 0 Å². The van der Waals surface area contributed by atoms with Crippen LogP contribution in [0.5, 0.6) is 0 Å². The molecule has 1 atom stereocenters. The van der Waals surface area contributed by atoms with Crippen molar-refractivity contribution in [3.05, 3.63) is 35.9 Å². The van der Waals surface area contributed by atoms with Gasteiger partial charge in [0.15, 0.2) is 0 Å². The summed E-state index contributed by atoms with van der Waals surface area (Å²) in [6.07, 6.45) is 0.695. The lowest BCUT2D eigenvalue weighted by Gasteiger charge is -2.25. The van der Waals surface area contributed by atoms with Gasteiger partial charge in [-0.15, -0.1) is 0 Å².